The summed E-state index contributed by atoms with van der Waals surface area (Å²) in [5.74, 6) is -1.29. The fourth-order valence-corrected chi connectivity index (χ4v) is 2.00. The first-order valence-corrected chi connectivity index (χ1v) is 6.55. The van der Waals surface area contributed by atoms with Crippen molar-refractivity contribution in [3.63, 3.8) is 0 Å². The Bertz CT molecular complexity index is 470. The minimum atomic E-state index is -0.982. The number of nitrogens with one attached hydrogen (secondary N) is 2. The molecule has 21 heavy (non-hydrogen) atoms. The molecule has 2 amide bonds. The van der Waals surface area contributed by atoms with Gasteiger partial charge >= 0.3 is 6.03 Å². The van der Waals surface area contributed by atoms with Gasteiger partial charge < -0.3 is 19.8 Å². The van der Waals surface area contributed by atoms with Gasteiger partial charge in [-0.05, 0) is 26.0 Å². The van der Waals surface area contributed by atoms with Crippen LogP contribution >= 0.6 is 0 Å². The number of carbonyl (C=O) groups is 3. The predicted octanol–water partition coefficient (Wildman–Crippen LogP) is 1.06. The Balaban J connectivity index is 2.86. The maximum absolute atomic E-state index is 11.8. The molecule has 0 aliphatic heterocycles. The van der Waals surface area contributed by atoms with E-state index < -0.39 is 18.0 Å². The van der Waals surface area contributed by atoms with Crippen LogP contribution in [0.5, 0.6) is 0 Å². The lowest BCUT2D eigenvalue weighted by Gasteiger charge is -2.22. The molecular weight excluding hydrogens is 276 g/mol. The standard InChI is InChI=1S/C14H20N2O5/c1-9(17)12(10(2)18)13(11-5-4-7-21-11)16-14(19)15-6-8-20-3/h4-5,7,12-13H,6,8H2,1-3H3,(H2,15,16,19)/t13-/m0/s1. The SMILES string of the molecule is COCCNC(=O)N[C@@H](c1ccco1)C(C(C)=O)C(C)=O. The van der Waals surface area contributed by atoms with E-state index in [0.717, 1.165) is 0 Å². The molecule has 0 fully saturated rings. The third kappa shape index (κ3) is 5.03. The predicted molar refractivity (Wildman–Crippen MR) is 74.7 cm³/mol. The van der Waals surface area contributed by atoms with Crippen molar-refractivity contribution in [2.45, 2.75) is 19.9 Å². The van der Waals surface area contributed by atoms with E-state index in [4.69, 9.17) is 9.15 Å². The molecule has 0 saturated heterocycles. The third-order valence-electron chi connectivity index (χ3n) is 2.94. The summed E-state index contributed by atoms with van der Waals surface area (Å²) in [6, 6.07) is 1.90. The third-order valence-corrected chi connectivity index (χ3v) is 2.94. The van der Waals surface area contributed by atoms with Crippen molar-refractivity contribution in [2.75, 3.05) is 20.3 Å². The molecule has 1 aromatic heterocycles. The summed E-state index contributed by atoms with van der Waals surface area (Å²) in [6.45, 7) is 3.30. The highest BCUT2D eigenvalue weighted by atomic mass is 16.5. The molecule has 0 saturated carbocycles. The zero-order chi connectivity index (χ0) is 15.8. The Labute approximate surface area is 123 Å². The molecule has 0 spiro atoms. The summed E-state index contributed by atoms with van der Waals surface area (Å²) in [7, 11) is 1.52. The molecule has 7 nitrogen and oxygen atoms in total. The summed E-state index contributed by atoms with van der Waals surface area (Å²) in [5.41, 5.74) is 0. The van der Waals surface area contributed by atoms with E-state index in [1.165, 1.54) is 27.2 Å². The second kappa shape index (κ2) is 8.21. The van der Waals surface area contributed by atoms with Crippen LogP contribution in [0.3, 0.4) is 0 Å². The summed E-state index contributed by atoms with van der Waals surface area (Å²) in [6.07, 6.45) is 1.42. The number of carbonyl (C=O) groups excluding carboxylic acids is 3. The Hall–Kier alpha value is -2.15. The van der Waals surface area contributed by atoms with Crippen LogP contribution in [0.15, 0.2) is 22.8 Å². The number of hydrogen-bond acceptors (Lipinski definition) is 5. The summed E-state index contributed by atoms with van der Waals surface area (Å²) in [4.78, 5) is 35.3. The molecule has 1 aromatic rings. The highest BCUT2D eigenvalue weighted by Gasteiger charge is 2.34. The molecular formula is C14H20N2O5. The van der Waals surface area contributed by atoms with Crippen LogP contribution in [0.1, 0.15) is 25.6 Å². The lowest BCUT2D eigenvalue weighted by Crippen LogP contribution is -2.44. The number of urea groups is 1. The van der Waals surface area contributed by atoms with E-state index in [1.54, 1.807) is 12.1 Å². The number of hydrogen-bond donors (Lipinski definition) is 2. The van der Waals surface area contributed by atoms with Crippen molar-refractivity contribution in [3.8, 4) is 0 Å². The molecule has 1 heterocycles. The van der Waals surface area contributed by atoms with E-state index in [-0.39, 0.29) is 11.6 Å². The van der Waals surface area contributed by atoms with Crippen molar-refractivity contribution in [1.29, 1.82) is 0 Å². The maximum atomic E-state index is 11.8. The molecule has 1 rings (SSSR count). The highest BCUT2D eigenvalue weighted by Crippen LogP contribution is 2.24. The second-order valence-electron chi connectivity index (χ2n) is 4.59. The fraction of sp³-hybridized carbons (Fsp3) is 0.500. The lowest BCUT2D eigenvalue weighted by atomic mass is 9.90. The number of amides is 2. The Kier molecular flexibility index (Phi) is 6.61. The molecule has 7 heteroatoms. The van der Waals surface area contributed by atoms with Crippen LogP contribution in [0.2, 0.25) is 0 Å². The van der Waals surface area contributed by atoms with Crippen LogP contribution in [-0.2, 0) is 14.3 Å². The topological polar surface area (TPSA) is 97.6 Å². The van der Waals surface area contributed by atoms with Gasteiger partial charge in [-0.2, -0.15) is 0 Å². The van der Waals surface area contributed by atoms with Gasteiger partial charge in [-0.3, -0.25) is 9.59 Å². The molecule has 0 aliphatic rings. The second-order valence-corrected chi connectivity index (χ2v) is 4.59. The van der Waals surface area contributed by atoms with Crippen molar-refractivity contribution >= 4 is 17.6 Å². The van der Waals surface area contributed by atoms with Crippen molar-refractivity contribution in [1.82, 2.24) is 10.6 Å². The average Bonchev–Trinajstić information content (AvgIpc) is 2.91. The van der Waals surface area contributed by atoms with Gasteiger partial charge in [0.1, 0.15) is 29.3 Å². The first-order valence-electron chi connectivity index (χ1n) is 6.55. The number of Topliss-reactive ketones (excluding diaryl/α,β-unsaturated/α-hetero) is 2. The van der Waals surface area contributed by atoms with Gasteiger partial charge in [-0.15, -0.1) is 0 Å². The molecule has 0 unspecified atom stereocenters. The van der Waals surface area contributed by atoms with Crippen LogP contribution in [0, 0.1) is 5.92 Å². The smallest absolute Gasteiger partial charge is 0.315 e. The average molecular weight is 296 g/mol. The summed E-state index contributed by atoms with van der Waals surface area (Å²) < 4.78 is 10.1. The zero-order valence-corrected chi connectivity index (χ0v) is 12.3. The summed E-state index contributed by atoms with van der Waals surface area (Å²) >= 11 is 0. The first-order chi connectivity index (χ1) is 9.97. The number of ketones is 2. The monoisotopic (exact) mass is 296 g/mol. The van der Waals surface area contributed by atoms with Crippen LogP contribution < -0.4 is 10.6 Å². The maximum Gasteiger partial charge on any atom is 0.315 e. The Morgan fingerprint density at radius 3 is 2.43 bits per heavy atom. The van der Waals surface area contributed by atoms with E-state index in [1.807, 2.05) is 0 Å². The van der Waals surface area contributed by atoms with Gasteiger partial charge in [0, 0.05) is 13.7 Å². The molecule has 116 valence electrons. The Morgan fingerprint density at radius 2 is 1.95 bits per heavy atom. The quantitative estimate of drug-likeness (QED) is 0.552. The fourth-order valence-electron chi connectivity index (χ4n) is 2.00. The minimum Gasteiger partial charge on any atom is -0.467 e. The number of rotatable bonds is 8. The van der Waals surface area contributed by atoms with Gasteiger partial charge in [0.2, 0.25) is 0 Å². The number of methoxy groups -OCH3 is 1. The van der Waals surface area contributed by atoms with Gasteiger partial charge in [-0.1, -0.05) is 0 Å². The molecule has 2 N–H and O–H groups in total. The van der Waals surface area contributed by atoms with Crippen molar-refractivity contribution < 1.29 is 23.5 Å². The summed E-state index contributed by atoms with van der Waals surface area (Å²) in [5, 5.41) is 5.17. The molecule has 0 aromatic carbocycles. The van der Waals surface area contributed by atoms with E-state index in [9.17, 15) is 14.4 Å². The van der Waals surface area contributed by atoms with Gasteiger partial charge in [-0.25, -0.2) is 4.79 Å². The van der Waals surface area contributed by atoms with Crippen LogP contribution in [-0.4, -0.2) is 37.9 Å². The molecule has 1 atom stereocenters. The number of ether oxygens (including phenoxy) is 1. The minimum absolute atomic E-state index is 0.317. The van der Waals surface area contributed by atoms with E-state index in [0.29, 0.717) is 18.9 Å². The molecule has 0 bridgehead atoms. The molecule has 0 radical (unpaired) electrons. The van der Waals surface area contributed by atoms with Crippen molar-refractivity contribution in [2.24, 2.45) is 5.92 Å². The first kappa shape index (κ1) is 16.9. The van der Waals surface area contributed by atoms with Gasteiger partial charge in [0.25, 0.3) is 0 Å². The van der Waals surface area contributed by atoms with Crippen LogP contribution in [0.25, 0.3) is 0 Å². The van der Waals surface area contributed by atoms with E-state index >= 15 is 0 Å². The van der Waals surface area contributed by atoms with Gasteiger partial charge in [0.15, 0.2) is 0 Å². The largest absolute Gasteiger partial charge is 0.467 e. The zero-order valence-electron chi connectivity index (χ0n) is 12.3. The Morgan fingerprint density at radius 1 is 1.29 bits per heavy atom. The highest BCUT2D eigenvalue weighted by molar-refractivity contribution is 6.01. The normalized spacial score (nSPS) is 12.0. The van der Waals surface area contributed by atoms with Gasteiger partial charge in [0.05, 0.1) is 12.9 Å². The van der Waals surface area contributed by atoms with Crippen molar-refractivity contribution in [3.05, 3.63) is 24.2 Å². The lowest BCUT2D eigenvalue weighted by molar-refractivity contribution is -0.131. The molecule has 0 aliphatic carbocycles. The number of furan rings is 1. The van der Waals surface area contributed by atoms with Crippen LogP contribution in [0.4, 0.5) is 4.79 Å². The van der Waals surface area contributed by atoms with E-state index in [2.05, 4.69) is 10.6 Å².